The smallest absolute Gasteiger partial charge is 0.315 e. The third-order valence-corrected chi connectivity index (χ3v) is 4.46. The van der Waals surface area contributed by atoms with Crippen molar-refractivity contribution in [2.45, 2.75) is 57.1 Å². The normalized spacial score (nSPS) is 23.7. The number of hydrogen-bond donors (Lipinski definition) is 1. The Morgan fingerprint density at radius 2 is 1.85 bits per heavy atom. The van der Waals surface area contributed by atoms with E-state index in [1.165, 1.54) is 31.2 Å². The molecule has 0 saturated heterocycles. The monoisotopic (exact) mass is 273 g/mol. The first kappa shape index (κ1) is 13.6. The SMILES string of the molecule is O=C(OC1CCCCCC1)C1CNCc2ccccc21. The van der Waals surface area contributed by atoms with Gasteiger partial charge < -0.3 is 10.1 Å². The summed E-state index contributed by atoms with van der Waals surface area (Å²) >= 11 is 0. The number of nitrogens with one attached hydrogen (secondary N) is 1. The Labute approximate surface area is 120 Å². The molecule has 1 atom stereocenters. The summed E-state index contributed by atoms with van der Waals surface area (Å²) in [5.74, 6) is -0.181. The van der Waals surface area contributed by atoms with Crippen molar-refractivity contribution < 1.29 is 9.53 Å². The summed E-state index contributed by atoms with van der Waals surface area (Å²) in [4.78, 5) is 12.5. The molecule has 2 aliphatic rings. The van der Waals surface area contributed by atoms with Crippen LogP contribution in [0.1, 0.15) is 55.6 Å². The molecule has 1 aliphatic heterocycles. The number of fused-ring (bicyclic) bond motifs is 1. The molecule has 3 nitrogen and oxygen atoms in total. The number of esters is 1. The largest absolute Gasteiger partial charge is 0.462 e. The third kappa shape index (κ3) is 3.04. The highest BCUT2D eigenvalue weighted by molar-refractivity contribution is 5.79. The number of benzene rings is 1. The molecule has 1 fully saturated rings. The van der Waals surface area contributed by atoms with Gasteiger partial charge in [-0.15, -0.1) is 0 Å². The fraction of sp³-hybridized carbons (Fsp3) is 0.588. The quantitative estimate of drug-likeness (QED) is 0.664. The molecular weight excluding hydrogens is 250 g/mol. The van der Waals surface area contributed by atoms with Crippen LogP contribution in [-0.4, -0.2) is 18.6 Å². The Morgan fingerprint density at radius 3 is 2.65 bits per heavy atom. The van der Waals surface area contributed by atoms with Gasteiger partial charge in [0.2, 0.25) is 0 Å². The van der Waals surface area contributed by atoms with Gasteiger partial charge in [0, 0.05) is 13.1 Å². The van der Waals surface area contributed by atoms with Crippen molar-refractivity contribution in [1.29, 1.82) is 0 Å². The predicted octanol–water partition coefficient (Wildman–Crippen LogP) is 3.14. The van der Waals surface area contributed by atoms with Crippen LogP contribution < -0.4 is 5.32 Å². The number of carbonyl (C=O) groups excluding carboxylic acids is 1. The van der Waals surface area contributed by atoms with Crippen LogP contribution in [-0.2, 0) is 16.1 Å². The Balaban J connectivity index is 1.68. The van der Waals surface area contributed by atoms with E-state index in [1.54, 1.807) is 0 Å². The summed E-state index contributed by atoms with van der Waals surface area (Å²) in [6, 6.07) is 8.19. The molecule has 0 bridgehead atoms. The molecule has 1 saturated carbocycles. The standard InChI is InChI=1S/C17H23NO2/c19-17(20-14-8-3-1-2-4-9-14)16-12-18-11-13-7-5-6-10-15(13)16/h5-7,10,14,16,18H,1-4,8-9,11-12H2. The predicted molar refractivity (Wildman–Crippen MR) is 78.5 cm³/mol. The van der Waals surface area contributed by atoms with Gasteiger partial charge in [-0.25, -0.2) is 0 Å². The molecule has 1 heterocycles. The van der Waals surface area contributed by atoms with Gasteiger partial charge in [-0.2, -0.15) is 0 Å². The molecule has 1 aromatic rings. The molecule has 1 aliphatic carbocycles. The van der Waals surface area contributed by atoms with E-state index in [0.717, 1.165) is 24.9 Å². The molecular formula is C17H23NO2. The maximum absolute atomic E-state index is 12.5. The van der Waals surface area contributed by atoms with Crippen molar-refractivity contribution >= 4 is 5.97 Å². The van der Waals surface area contributed by atoms with Gasteiger partial charge in [-0.3, -0.25) is 4.79 Å². The summed E-state index contributed by atoms with van der Waals surface area (Å²) in [6.45, 7) is 1.55. The maximum Gasteiger partial charge on any atom is 0.315 e. The lowest BCUT2D eigenvalue weighted by Gasteiger charge is -2.26. The zero-order valence-corrected chi connectivity index (χ0v) is 11.9. The van der Waals surface area contributed by atoms with Gasteiger partial charge in [-0.1, -0.05) is 37.1 Å². The number of rotatable bonds is 2. The molecule has 0 spiro atoms. The third-order valence-electron chi connectivity index (χ3n) is 4.46. The first-order valence-corrected chi connectivity index (χ1v) is 7.83. The fourth-order valence-electron chi connectivity index (χ4n) is 3.31. The zero-order valence-electron chi connectivity index (χ0n) is 11.9. The van der Waals surface area contributed by atoms with Gasteiger partial charge in [-0.05, 0) is 36.8 Å². The zero-order chi connectivity index (χ0) is 13.8. The highest BCUT2D eigenvalue weighted by atomic mass is 16.5. The van der Waals surface area contributed by atoms with E-state index in [-0.39, 0.29) is 18.0 Å². The Kier molecular flexibility index (Phi) is 4.36. The van der Waals surface area contributed by atoms with Gasteiger partial charge in [0.05, 0.1) is 5.92 Å². The van der Waals surface area contributed by atoms with Gasteiger partial charge >= 0.3 is 5.97 Å². The van der Waals surface area contributed by atoms with Crippen molar-refractivity contribution in [3.8, 4) is 0 Å². The molecule has 1 unspecified atom stereocenters. The molecule has 0 radical (unpaired) electrons. The summed E-state index contributed by atoms with van der Waals surface area (Å²) in [7, 11) is 0. The van der Waals surface area contributed by atoms with E-state index in [2.05, 4.69) is 17.4 Å². The minimum absolute atomic E-state index is 0.0449. The maximum atomic E-state index is 12.5. The van der Waals surface area contributed by atoms with Crippen LogP contribution in [0.15, 0.2) is 24.3 Å². The Hall–Kier alpha value is -1.35. The Morgan fingerprint density at radius 1 is 1.10 bits per heavy atom. The van der Waals surface area contributed by atoms with E-state index in [9.17, 15) is 4.79 Å². The minimum Gasteiger partial charge on any atom is -0.462 e. The van der Waals surface area contributed by atoms with Crippen LogP contribution in [0.5, 0.6) is 0 Å². The van der Waals surface area contributed by atoms with E-state index >= 15 is 0 Å². The molecule has 1 aromatic carbocycles. The molecule has 108 valence electrons. The van der Waals surface area contributed by atoms with E-state index in [0.29, 0.717) is 6.54 Å². The second kappa shape index (κ2) is 6.40. The molecule has 0 aromatic heterocycles. The summed E-state index contributed by atoms with van der Waals surface area (Å²) < 4.78 is 5.79. The van der Waals surface area contributed by atoms with Crippen molar-refractivity contribution in [3.63, 3.8) is 0 Å². The fourth-order valence-corrected chi connectivity index (χ4v) is 3.31. The summed E-state index contributed by atoms with van der Waals surface area (Å²) in [6.07, 6.45) is 7.15. The topological polar surface area (TPSA) is 38.3 Å². The van der Waals surface area contributed by atoms with Crippen LogP contribution >= 0.6 is 0 Å². The van der Waals surface area contributed by atoms with E-state index < -0.39 is 0 Å². The lowest BCUT2D eigenvalue weighted by atomic mass is 9.91. The van der Waals surface area contributed by atoms with Crippen molar-refractivity contribution in [1.82, 2.24) is 5.32 Å². The second-order valence-corrected chi connectivity index (χ2v) is 5.93. The van der Waals surface area contributed by atoms with E-state index in [1.807, 2.05) is 12.1 Å². The first-order valence-electron chi connectivity index (χ1n) is 7.83. The average Bonchev–Trinajstić information content (AvgIpc) is 2.75. The molecule has 3 rings (SSSR count). The summed E-state index contributed by atoms with van der Waals surface area (Å²) in [5, 5.41) is 3.32. The first-order chi connectivity index (χ1) is 9.84. The van der Waals surface area contributed by atoms with Crippen LogP contribution in [0.25, 0.3) is 0 Å². The van der Waals surface area contributed by atoms with Gasteiger partial charge in [0.25, 0.3) is 0 Å². The Bertz CT molecular complexity index is 464. The van der Waals surface area contributed by atoms with Crippen LogP contribution in [0.4, 0.5) is 0 Å². The number of carbonyl (C=O) groups is 1. The number of ether oxygens (including phenoxy) is 1. The van der Waals surface area contributed by atoms with E-state index in [4.69, 9.17) is 4.74 Å². The molecule has 0 amide bonds. The van der Waals surface area contributed by atoms with Gasteiger partial charge in [0.1, 0.15) is 6.10 Å². The van der Waals surface area contributed by atoms with Crippen molar-refractivity contribution in [3.05, 3.63) is 35.4 Å². The highest BCUT2D eigenvalue weighted by Crippen LogP contribution is 2.27. The molecule has 20 heavy (non-hydrogen) atoms. The van der Waals surface area contributed by atoms with Crippen LogP contribution in [0.3, 0.4) is 0 Å². The minimum atomic E-state index is -0.136. The lowest BCUT2D eigenvalue weighted by Crippen LogP contribution is -2.35. The van der Waals surface area contributed by atoms with Gasteiger partial charge in [0.15, 0.2) is 0 Å². The van der Waals surface area contributed by atoms with Crippen LogP contribution in [0, 0.1) is 0 Å². The highest BCUT2D eigenvalue weighted by Gasteiger charge is 2.29. The average molecular weight is 273 g/mol. The molecule has 3 heteroatoms. The lowest BCUT2D eigenvalue weighted by molar-refractivity contribution is -0.151. The van der Waals surface area contributed by atoms with Crippen LogP contribution in [0.2, 0.25) is 0 Å². The number of hydrogen-bond acceptors (Lipinski definition) is 3. The van der Waals surface area contributed by atoms with Crippen molar-refractivity contribution in [2.24, 2.45) is 0 Å². The summed E-state index contributed by atoms with van der Waals surface area (Å²) in [5.41, 5.74) is 2.37. The van der Waals surface area contributed by atoms with Crippen molar-refractivity contribution in [2.75, 3.05) is 6.54 Å². The second-order valence-electron chi connectivity index (χ2n) is 5.93. The molecule has 1 N–H and O–H groups in total.